The molecule has 6 heteroatoms. The number of halogens is 1. The van der Waals surface area contributed by atoms with E-state index in [1.807, 2.05) is 0 Å². The normalized spacial score (nSPS) is 23.3. The van der Waals surface area contributed by atoms with Crippen LogP contribution >= 0.6 is 0 Å². The number of β-amino-alcohol motifs (C(OH)–C–C–N with tert-alkyl or cyclic N) is 1. The summed E-state index contributed by atoms with van der Waals surface area (Å²) < 4.78 is 14.1. The number of aliphatic hydroxyl groups excluding tert-OH is 1. The van der Waals surface area contributed by atoms with Crippen LogP contribution in [0.25, 0.3) is 0 Å². The Hall–Kier alpha value is -1.95. The predicted molar refractivity (Wildman–Crippen MR) is 82.2 cm³/mol. The molecule has 0 aromatic heterocycles. The van der Waals surface area contributed by atoms with Gasteiger partial charge >= 0.3 is 0 Å². The minimum Gasteiger partial charge on any atom is -0.389 e. The number of rotatable bonds is 2. The third kappa shape index (κ3) is 2.95. The lowest BCUT2D eigenvalue weighted by molar-refractivity contribution is -0.135. The largest absolute Gasteiger partial charge is 0.389 e. The Morgan fingerprint density at radius 2 is 1.78 bits per heavy atom. The van der Waals surface area contributed by atoms with Gasteiger partial charge in [-0.2, -0.15) is 0 Å². The number of hydrogen-bond acceptors (Lipinski definition) is 3. The zero-order valence-electron chi connectivity index (χ0n) is 13.2. The van der Waals surface area contributed by atoms with E-state index in [0.717, 1.165) is 0 Å². The Morgan fingerprint density at radius 1 is 1.17 bits per heavy atom. The molecule has 0 bridgehead atoms. The Balaban J connectivity index is 1.80. The van der Waals surface area contributed by atoms with Crippen LogP contribution in [0, 0.1) is 5.82 Å². The summed E-state index contributed by atoms with van der Waals surface area (Å²) in [6.07, 6.45) is 0.465. The molecule has 1 saturated carbocycles. The third-order valence-electron chi connectivity index (χ3n) is 4.78. The summed E-state index contributed by atoms with van der Waals surface area (Å²) in [6.45, 7) is 2.62. The zero-order chi connectivity index (χ0) is 16.6. The molecule has 5 nitrogen and oxygen atoms in total. The smallest absolute Gasteiger partial charge is 0.233 e. The summed E-state index contributed by atoms with van der Waals surface area (Å²) in [5.41, 5.74) is -0.358. The van der Waals surface area contributed by atoms with Crippen molar-refractivity contribution in [2.45, 2.75) is 31.3 Å². The quantitative estimate of drug-likeness (QED) is 0.881. The summed E-state index contributed by atoms with van der Waals surface area (Å²) in [5.74, 6) is -0.625. The molecule has 1 aromatic rings. The number of carbonyl (C=O) groups is 2. The topological polar surface area (TPSA) is 60.9 Å². The molecule has 23 heavy (non-hydrogen) atoms. The van der Waals surface area contributed by atoms with Crippen LogP contribution in [-0.4, -0.2) is 59.0 Å². The second kappa shape index (κ2) is 5.92. The van der Waals surface area contributed by atoms with Crippen molar-refractivity contribution < 1.29 is 19.1 Å². The predicted octanol–water partition coefficient (Wildman–Crippen LogP) is 0.909. The highest BCUT2D eigenvalue weighted by Crippen LogP contribution is 2.50. The number of nitrogens with zero attached hydrogens (tertiary/aromatic N) is 2. The molecule has 1 N–H and O–H groups in total. The fourth-order valence-corrected chi connectivity index (χ4v) is 3.34. The molecule has 1 saturated heterocycles. The Labute approximate surface area is 134 Å². The van der Waals surface area contributed by atoms with Gasteiger partial charge in [-0.05, 0) is 18.9 Å². The van der Waals surface area contributed by atoms with Crippen molar-refractivity contribution >= 4 is 11.8 Å². The van der Waals surface area contributed by atoms with Crippen LogP contribution in [0.3, 0.4) is 0 Å². The zero-order valence-corrected chi connectivity index (χ0v) is 13.2. The molecule has 1 aromatic carbocycles. The number of benzene rings is 1. The van der Waals surface area contributed by atoms with E-state index in [1.165, 1.54) is 13.0 Å². The van der Waals surface area contributed by atoms with E-state index in [-0.39, 0.29) is 30.7 Å². The maximum Gasteiger partial charge on any atom is 0.233 e. The molecule has 0 spiro atoms. The first kappa shape index (κ1) is 15.9. The van der Waals surface area contributed by atoms with E-state index < -0.39 is 11.5 Å². The highest BCUT2D eigenvalue weighted by atomic mass is 19.1. The highest BCUT2D eigenvalue weighted by Gasteiger charge is 2.54. The van der Waals surface area contributed by atoms with Gasteiger partial charge in [0.2, 0.25) is 11.8 Å². The molecule has 0 radical (unpaired) electrons. The van der Waals surface area contributed by atoms with Crippen molar-refractivity contribution in [1.82, 2.24) is 9.80 Å². The molecule has 0 unspecified atom stereocenters. The van der Waals surface area contributed by atoms with Gasteiger partial charge in [0.05, 0.1) is 11.5 Å². The first-order chi connectivity index (χ1) is 10.9. The van der Waals surface area contributed by atoms with E-state index in [1.54, 1.807) is 28.0 Å². The fourth-order valence-electron chi connectivity index (χ4n) is 3.34. The fraction of sp³-hybridized carbons (Fsp3) is 0.529. The number of hydrogen-bond donors (Lipinski definition) is 1. The van der Waals surface area contributed by atoms with Gasteiger partial charge < -0.3 is 14.9 Å². The SMILES string of the molecule is CC(=O)N1CCN(C(=O)C2(c3ccccc3F)CC2)C[C@@H](O)C1. The first-order valence-electron chi connectivity index (χ1n) is 7.92. The molecular formula is C17H21FN2O3. The molecular weight excluding hydrogens is 299 g/mol. The second-order valence-corrected chi connectivity index (χ2v) is 6.43. The van der Waals surface area contributed by atoms with Crippen molar-refractivity contribution in [3.05, 3.63) is 35.6 Å². The van der Waals surface area contributed by atoms with E-state index in [0.29, 0.717) is 31.5 Å². The maximum absolute atomic E-state index is 14.1. The van der Waals surface area contributed by atoms with Crippen LogP contribution in [-0.2, 0) is 15.0 Å². The van der Waals surface area contributed by atoms with Gasteiger partial charge in [0, 0.05) is 38.7 Å². The number of aliphatic hydroxyl groups is 1. The van der Waals surface area contributed by atoms with Crippen LogP contribution in [0.2, 0.25) is 0 Å². The number of amides is 2. The van der Waals surface area contributed by atoms with Gasteiger partial charge in [0.25, 0.3) is 0 Å². The minimum absolute atomic E-state index is 0.117. The van der Waals surface area contributed by atoms with E-state index in [4.69, 9.17) is 0 Å². The van der Waals surface area contributed by atoms with Crippen LogP contribution in [0.4, 0.5) is 4.39 Å². The third-order valence-corrected chi connectivity index (χ3v) is 4.78. The highest BCUT2D eigenvalue weighted by molar-refractivity contribution is 5.91. The Bertz CT molecular complexity index is 630. The average Bonchev–Trinajstić information content (AvgIpc) is 3.31. The molecule has 1 aliphatic heterocycles. The first-order valence-corrected chi connectivity index (χ1v) is 7.92. The summed E-state index contributed by atoms with van der Waals surface area (Å²) >= 11 is 0. The molecule has 2 aliphatic rings. The summed E-state index contributed by atoms with van der Waals surface area (Å²) in [4.78, 5) is 27.6. The molecule has 3 rings (SSSR count). The van der Waals surface area contributed by atoms with Gasteiger partial charge in [0.1, 0.15) is 5.82 Å². The summed E-state index contributed by atoms with van der Waals surface area (Å²) in [7, 11) is 0. The van der Waals surface area contributed by atoms with Crippen molar-refractivity contribution in [2.75, 3.05) is 26.2 Å². The Kier molecular flexibility index (Phi) is 4.10. The number of carbonyl (C=O) groups excluding carboxylic acids is 2. The minimum atomic E-state index is -0.795. The maximum atomic E-state index is 14.1. The standard InChI is InChI=1S/C17H21FN2O3/c1-12(21)19-8-9-20(11-13(22)10-19)16(23)17(6-7-17)14-4-2-3-5-15(14)18/h2-5,13,22H,6-11H2,1H3/t13-/m0/s1. The molecule has 2 fully saturated rings. The van der Waals surface area contributed by atoms with Crippen molar-refractivity contribution in [1.29, 1.82) is 0 Å². The van der Waals surface area contributed by atoms with Crippen molar-refractivity contribution in [2.24, 2.45) is 0 Å². The lowest BCUT2D eigenvalue weighted by atomic mass is 9.93. The van der Waals surface area contributed by atoms with Crippen LogP contribution in [0.15, 0.2) is 24.3 Å². The molecule has 124 valence electrons. The summed E-state index contributed by atoms with van der Waals surface area (Å²) in [5, 5.41) is 10.1. The Morgan fingerprint density at radius 3 is 2.39 bits per heavy atom. The van der Waals surface area contributed by atoms with Gasteiger partial charge in [-0.3, -0.25) is 9.59 Å². The summed E-state index contributed by atoms with van der Waals surface area (Å²) in [6, 6.07) is 6.38. The molecule has 1 atom stereocenters. The van der Waals surface area contributed by atoms with Gasteiger partial charge in [0.15, 0.2) is 0 Å². The lowest BCUT2D eigenvalue weighted by Gasteiger charge is -2.27. The van der Waals surface area contributed by atoms with Gasteiger partial charge in [-0.15, -0.1) is 0 Å². The van der Waals surface area contributed by atoms with E-state index in [9.17, 15) is 19.1 Å². The van der Waals surface area contributed by atoms with E-state index in [2.05, 4.69) is 0 Å². The molecule has 2 amide bonds. The van der Waals surface area contributed by atoms with Crippen molar-refractivity contribution in [3.63, 3.8) is 0 Å². The molecule has 1 aliphatic carbocycles. The van der Waals surface area contributed by atoms with Crippen molar-refractivity contribution in [3.8, 4) is 0 Å². The monoisotopic (exact) mass is 320 g/mol. The van der Waals surface area contributed by atoms with Crippen LogP contribution < -0.4 is 0 Å². The van der Waals surface area contributed by atoms with Crippen LogP contribution in [0.1, 0.15) is 25.3 Å². The van der Waals surface area contributed by atoms with Gasteiger partial charge in [-0.1, -0.05) is 18.2 Å². The van der Waals surface area contributed by atoms with Gasteiger partial charge in [-0.25, -0.2) is 4.39 Å². The second-order valence-electron chi connectivity index (χ2n) is 6.43. The van der Waals surface area contributed by atoms with Crippen LogP contribution in [0.5, 0.6) is 0 Å². The molecule has 1 heterocycles. The lowest BCUT2D eigenvalue weighted by Crippen LogP contribution is -2.43. The average molecular weight is 320 g/mol. The van der Waals surface area contributed by atoms with E-state index >= 15 is 0 Å².